The molecule has 33 heavy (non-hydrogen) atoms. The van der Waals surface area contributed by atoms with E-state index in [1.165, 1.54) is 18.3 Å². The molecule has 0 aliphatic heterocycles. The summed E-state index contributed by atoms with van der Waals surface area (Å²) in [6.07, 6.45) is 0.645. The second-order valence-corrected chi connectivity index (χ2v) is 9.44. The van der Waals surface area contributed by atoms with Gasteiger partial charge in [-0.15, -0.1) is 0 Å². The summed E-state index contributed by atoms with van der Waals surface area (Å²) in [6.45, 7) is 0.788. The average Bonchev–Trinajstić information content (AvgIpc) is 3.50. The highest BCUT2D eigenvalue weighted by molar-refractivity contribution is 7.89. The fourth-order valence-electron chi connectivity index (χ4n) is 3.29. The number of hydrogen-bond acceptors (Lipinski definition) is 7. The number of hydrogen-bond donors (Lipinski definition) is 3. The van der Waals surface area contributed by atoms with Gasteiger partial charge in [-0.2, -0.15) is 23.3 Å². The molecule has 1 aromatic carbocycles. The fourth-order valence-corrected chi connectivity index (χ4v) is 3.81. The lowest BCUT2D eigenvalue weighted by Crippen LogP contribution is -2.17. The summed E-state index contributed by atoms with van der Waals surface area (Å²) in [5.41, 5.74) is 2.54. The molecule has 2 heterocycles. The maximum absolute atomic E-state index is 12.6. The number of primary sulfonamides is 1. The predicted octanol–water partition coefficient (Wildman–Crippen LogP) is 3.42. The molecule has 1 fully saturated rings. The number of aromatic nitrogens is 4. The van der Waals surface area contributed by atoms with Gasteiger partial charge in [-0.1, -0.05) is 12.1 Å². The van der Waals surface area contributed by atoms with Crippen LogP contribution in [0.5, 0.6) is 0 Å². The fraction of sp³-hybridized carbons (Fsp3) is 0.350. The molecule has 1 aliphatic rings. The second kappa shape index (κ2) is 8.63. The van der Waals surface area contributed by atoms with E-state index in [1.807, 2.05) is 0 Å². The summed E-state index contributed by atoms with van der Waals surface area (Å²) in [6, 6.07) is 6.18. The molecule has 0 unspecified atom stereocenters. The number of rotatable bonds is 8. The normalized spacial score (nSPS) is 14.3. The molecule has 0 atom stereocenters. The second-order valence-electron chi connectivity index (χ2n) is 7.88. The van der Waals surface area contributed by atoms with E-state index in [0.717, 1.165) is 28.7 Å². The lowest BCUT2D eigenvalue weighted by Gasteiger charge is -2.13. The first kappa shape index (κ1) is 23.0. The van der Waals surface area contributed by atoms with Crippen LogP contribution in [-0.4, -0.2) is 34.3 Å². The summed E-state index contributed by atoms with van der Waals surface area (Å²) in [7, 11) is -3.76. The molecule has 176 valence electrons. The summed E-state index contributed by atoms with van der Waals surface area (Å²) in [5, 5.41) is 15.2. The maximum Gasteiger partial charge on any atom is 0.408 e. The van der Waals surface area contributed by atoms with Crippen molar-refractivity contribution < 1.29 is 21.6 Å². The van der Waals surface area contributed by atoms with Gasteiger partial charge in [0.1, 0.15) is 12.4 Å². The highest BCUT2D eigenvalue weighted by Crippen LogP contribution is 2.43. The van der Waals surface area contributed by atoms with Gasteiger partial charge in [-0.25, -0.2) is 18.5 Å². The third-order valence-electron chi connectivity index (χ3n) is 5.08. The van der Waals surface area contributed by atoms with Crippen molar-refractivity contribution in [2.45, 2.75) is 49.8 Å². The van der Waals surface area contributed by atoms with Crippen molar-refractivity contribution in [2.24, 2.45) is 5.14 Å². The van der Waals surface area contributed by atoms with Gasteiger partial charge in [0.15, 0.2) is 0 Å². The highest BCUT2D eigenvalue weighted by atomic mass is 32.2. The SMILES string of the molecule is Cc1nn(CC(F)(F)F)cc1Nc1ncc(C2CC2)c(NCc2ccc(S(N)(=O)=O)cc2)n1. The molecule has 1 aliphatic carbocycles. The van der Waals surface area contributed by atoms with E-state index < -0.39 is 22.7 Å². The maximum atomic E-state index is 12.6. The average molecular weight is 482 g/mol. The van der Waals surface area contributed by atoms with Gasteiger partial charge in [0, 0.05) is 24.5 Å². The first-order valence-corrected chi connectivity index (χ1v) is 11.6. The number of nitrogens with one attached hydrogen (secondary N) is 2. The van der Waals surface area contributed by atoms with Crippen LogP contribution in [0.4, 0.5) is 30.6 Å². The van der Waals surface area contributed by atoms with Gasteiger partial charge < -0.3 is 10.6 Å². The molecule has 0 radical (unpaired) electrons. The Balaban J connectivity index is 1.51. The van der Waals surface area contributed by atoms with Crippen LogP contribution in [0.3, 0.4) is 0 Å². The molecule has 13 heteroatoms. The number of aryl methyl sites for hydroxylation is 1. The van der Waals surface area contributed by atoms with Crippen LogP contribution in [-0.2, 0) is 23.1 Å². The zero-order valence-corrected chi connectivity index (χ0v) is 18.4. The zero-order valence-electron chi connectivity index (χ0n) is 17.6. The van der Waals surface area contributed by atoms with Gasteiger partial charge in [0.2, 0.25) is 16.0 Å². The number of sulfonamides is 1. The minimum absolute atomic E-state index is 0.0277. The van der Waals surface area contributed by atoms with Gasteiger partial charge >= 0.3 is 6.18 Å². The first-order valence-electron chi connectivity index (χ1n) is 10.1. The van der Waals surface area contributed by atoms with Crippen molar-refractivity contribution in [3.05, 3.63) is 53.5 Å². The van der Waals surface area contributed by atoms with E-state index in [2.05, 4.69) is 25.7 Å². The molecule has 0 bridgehead atoms. The van der Waals surface area contributed by atoms with E-state index in [1.54, 1.807) is 25.3 Å². The van der Waals surface area contributed by atoms with Crippen LogP contribution in [0.25, 0.3) is 0 Å². The van der Waals surface area contributed by atoms with Gasteiger partial charge in [0.25, 0.3) is 0 Å². The predicted molar refractivity (Wildman–Crippen MR) is 115 cm³/mol. The molecule has 9 nitrogen and oxygen atoms in total. The van der Waals surface area contributed by atoms with Crippen molar-refractivity contribution in [1.29, 1.82) is 0 Å². The minimum atomic E-state index is -4.37. The molecular formula is C20H22F3N7O2S. The Labute approximate surface area is 188 Å². The molecule has 0 amide bonds. The number of halogens is 3. The summed E-state index contributed by atoms with van der Waals surface area (Å²) < 4.78 is 61.6. The van der Waals surface area contributed by atoms with Crippen molar-refractivity contribution in [3.8, 4) is 0 Å². The Morgan fingerprint density at radius 3 is 2.52 bits per heavy atom. The Morgan fingerprint density at radius 2 is 1.91 bits per heavy atom. The van der Waals surface area contributed by atoms with Crippen molar-refractivity contribution in [1.82, 2.24) is 19.7 Å². The number of alkyl halides is 3. The molecule has 4 N–H and O–H groups in total. The molecule has 1 saturated carbocycles. The summed E-state index contributed by atoms with van der Waals surface area (Å²) >= 11 is 0. The van der Waals surface area contributed by atoms with Crippen LogP contribution in [0, 0.1) is 6.92 Å². The Morgan fingerprint density at radius 1 is 1.21 bits per heavy atom. The molecule has 0 spiro atoms. The first-order chi connectivity index (χ1) is 15.5. The number of anilines is 3. The Hall–Kier alpha value is -3.19. The van der Waals surface area contributed by atoms with Crippen LogP contribution in [0.2, 0.25) is 0 Å². The lowest BCUT2D eigenvalue weighted by atomic mass is 10.2. The van der Waals surface area contributed by atoms with Crippen molar-refractivity contribution in [3.63, 3.8) is 0 Å². The number of benzene rings is 1. The van der Waals surface area contributed by atoms with Crippen LogP contribution >= 0.6 is 0 Å². The summed E-state index contributed by atoms with van der Waals surface area (Å²) in [4.78, 5) is 8.86. The highest BCUT2D eigenvalue weighted by Gasteiger charge is 2.29. The van der Waals surface area contributed by atoms with Crippen LogP contribution in [0.1, 0.15) is 35.6 Å². The number of nitrogens with two attached hydrogens (primary N) is 1. The van der Waals surface area contributed by atoms with E-state index in [-0.39, 0.29) is 10.8 Å². The van der Waals surface area contributed by atoms with E-state index >= 15 is 0 Å². The van der Waals surface area contributed by atoms with Gasteiger partial charge in [-0.05, 0) is 43.4 Å². The quantitative estimate of drug-likeness (QED) is 0.450. The third-order valence-corrected chi connectivity index (χ3v) is 6.01. The molecule has 2 aromatic heterocycles. The third kappa shape index (κ3) is 5.99. The van der Waals surface area contributed by atoms with Crippen LogP contribution < -0.4 is 15.8 Å². The Bertz CT molecular complexity index is 1250. The largest absolute Gasteiger partial charge is 0.408 e. The van der Waals surface area contributed by atoms with Gasteiger partial charge in [0.05, 0.1) is 16.3 Å². The zero-order chi connectivity index (χ0) is 23.8. The molecule has 4 rings (SSSR count). The van der Waals surface area contributed by atoms with Gasteiger partial charge in [-0.3, -0.25) is 4.68 Å². The van der Waals surface area contributed by atoms with E-state index in [9.17, 15) is 21.6 Å². The topological polar surface area (TPSA) is 128 Å². The van der Waals surface area contributed by atoms with Crippen molar-refractivity contribution >= 4 is 27.5 Å². The standard InChI is InChI=1S/C20H22F3N7O2S/c1-12-17(10-30(29-12)11-20(21,22)23)27-19-26-9-16(14-4-5-14)18(28-19)25-8-13-2-6-15(7-3-13)33(24,31)32/h2-3,6-7,9-10,14H,4-5,8,11H2,1H3,(H2,24,31,32)(H2,25,26,27,28). The summed E-state index contributed by atoms with van der Waals surface area (Å²) in [5.74, 6) is 1.18. The number of nitrogens with zero attached hydrogens (tertiary/aromatic N) is 4. The lowest BCUT2D eigenvalue weighted by molar-refractivity contribution is -0.142. The molecule has 3 aromatic rings. The molecule has 0 saturated heterocycles. The van der Waals surface area contributed by atoms with E-state index in [4.69, 9.17) is 5.14 Å². The van der Waals surface area contributed by atoms with E-state index in [0.29, 0.717) is 29.7 Å². The monoisotopic (exact) mass is 481 g/mol. The van der Waals surface area contributed by atoms with Crippen LogP contribution in [0.15, 0.2) is 41.6 Å². The molecular weight excluding hydrogens is 459 g/mol. The smallest absolute Gasteiger partial charge is 0.366 e. The minimum Gasteiger partial charge on any atom is -0.366 e. The Kier molecular flexibility index (Phi) is 6.01. The van der Waals surface area contributed by atoms with Crippen molar-refractivity contribution in [2.75, 3.05) is 10.6 Å².